The number of halogens is 3. The first-order chi connectivity index (χ1) is 13.9. The Labute approximate surface area is 171 Å². The van der Waals surface area contributed by atoms with E-state index in [0.29, 0.717) is 5.92 Å². The zero-order valence-corrected chi connectivity index (χ0v) is 16.9. The van der Waals surface area contributed by atoms with E-state index in [0.717, 1.165) is 50.5 Å². The molecule has 2 aliphatic rings. The highest BCUT2D eigenvalue weighted by molar-refractivity contribution is 5.56. The monoisotopic (exact) mass is 402 g/mol. The third-order valence-corrected chi connectivity index (χ3v) is 6.49. The van der Waals surface area contributed by atoms with Crippen LogP contribution in [0.1, 0.15) is 42.9 Å². The summed E-state index contributed by atoms with van der Waals surface area (Å²) in [5, 5.41) is 3.70. The molecule has 0 bridgehead atoms. The quantitative estimate of drug-likeness (QED) is 0.659. The van der Waals surface area contributed by atoms with E-state index in [2.05, 4.69) is 35.3 Å². The number of fused-ring (bicyclic) bond motifs is 1. The van der Waals surface area contributed by atoms with Crippen LogP contribution in [0.3, 0.4) is 0 Å². The van der Waals surface area contributed by atoms with E-state index >= 15 is 0 Å². The molecule has 1 aliphatic carbocycles. The molecule has 1 saturated heterocycles. The number of hydrogen-bond donors (Lipinski definition) is 1. The number of rotatable bonds is 4. The molecular formula is C24H29F3N2. The van der Waals surface area contributed by atoms with Crippen molar-refractivity contribution >= 4 is 11.4 Å². The third kappa shape index (κ3) is 4.71. The van der Waals surface area contributed by atoms with Gasteiger partial charge in [0.15, 0.2) is 0 Å². The predicted octanol–water partition coefficient (Wildman–Crippen LogP) is 6.16. The molecule has 1 heterocycles. The van der Waals surface area contributed by atoms with Crippen molar-refractivity contribution in [2.24, 2.45) is 11.8 Å². The van der Waals surface area contributed by atoms with Gasteiger partial charge in [-0.05, 0) is 85.4 Å². The molecule has 0 aromatic heterocycles. The average Bonchev–Trinajstić information content (AvgIpc) is 2.72. The molecular weight excluding hydrogens is 373 g/mol. The molecule has 156 valence electrons. The molecule has 1 aliphatic heterocycles. The number of aryl methyl sites for hydroxylation is 1. The Balaban J connectivity index is 1.31. The Bertz CT molecular complexity index is 821. The fraction of sp³-hybridized carbons (Fsp3) is 0.500. The van der Waals surface area contributed by atoms with Crippen LogP contribution in [-0.2, 0) is 19.0 Å². The fourth-order valence-corrected chi connectivity index (χ4v) is 4.64. The van der Waals surface area contributed by atoms with Crippen molar-refractivity contribution < 1.29 is 13.2 Å². The zero-order valence-electron chi connectivity index (χ0n) is 16.9. The number of hydrogen-bond acceptors (Lipinski definition) is 2. The first-order valence-electron chi connectivity index (χ1n) is 10.7. The summed E-state index contributed by atoms with van der Waals surface area (Å²) in [5.41, 5.74) is 4.58. The molecule has 2 aromatic rings. The highest BCUT2D eigenvalue weighted by Gasteiger charge is 2.30. The lowest BCUT2D eigenvalue weighted by atomic mass is 9.84. The van der Waals surface area contributed by atoms with Gasteiger partial charge in [0.2, 0.25) is 0 Å². The highest BCUT2D eigenvalue weighted by atomic mass is 19.4. The van der Waals surface area contributed by atoms with Crippen molar-refractivity contribution in [3.05, 3.63) is 59.2 Å². The van der Waals surface area contributed by atoms with Gasteiger partial charge < -0.3 is 10.2 Å². The average molecular weight is 403 g/mol. The van der Waals surface area contributed by atoms with Crippen LogP contribution < -0.4 is 10.2 Å². The van der Waals surface area contributed by atoms with E-state index in [4.69, 9.17) is 0 Å². The molecule has 29 heavy (non-hydrogen) atoms. The summed E-state index contributed by atoms with van der Waals surface area (Å²) < 4.78 is 38.2. The minimum absolute atomic E-state index is 0.583. The first-order valence-corrected chi connectivity index (χ1v) is 10.7. The van der Waals surface area contributed by atoms with Crippen molar-refractivity contribution in [2.75, 3.05) is 29.9 Å². The van der Waals surface area contributed by atoms with Crippen LogP contribution in [0.25, 0.3) is 0 Å². The van der Waals surface area contributed by atoms with Crippen molar-refractivity contribution in [3.8, 4) is 0 Å². The maximum atomic E-state index is 12.7. The molecule has 1 atom stereocenters. The maximum absolute atomic E-state index is 12.7. The van der Waals surface area contributed by atoms with Gasteiger partial charge in [0.25, 0.3) is 0 Å². The van der Waals surface area contributed by atoms with E-state index in [1.165, 1.54) is 41.8 Å². The summed E-state index contributed by atoms with van der Waals surface area (Å²) in [6, 6.07) is 12.2. The molecule has 1 N–H and O–H groups in total. The van der Waals surface area contributed by atoms with Gasteiger partial charge in [0.1, 0.15) is 0 Å². The Morgan fingerprint density at radius 1 is 1.00 bits per heavy atom. The molecule has 2 aromatic carbocycles. The second-order valence-electron chi connectivity index (χ2n) is 8.65. The number of nitrogens with one attached hydrogen (secondary N) is 1. The molecule has 2 nitrogen and oxygen atoms in total. The summed E-state index contributed by atoms with van der Waals surface area (Å²) in [7, 11) is 0. The third-order valence-electron chi connectivity index (χ3n) is 6.49. The molecule has 4 rings (SSSR count). The molecule has 1 unspecified atom stereocenters. The van der Waals surface area contributed by atoms with Gasteiger partial charge in [-0.25, -0.2) is 0 Å². The van der Waals surface area contributed by atoms with E-state index in [-0.39, 0.29) is 0 Å². The molecule has 0 amide bonds. The second kappa shape index (κ2) is 8.29. The Morgan fingerprint density at radius 2 is 1.72 bits per heavy atom. The van der Waals surface area contributed by atoms with Crippen LogP contribution in [0.5, 0.6) is 0 Å². The van der Waals surface area contributed by atoms with Gasteiger partial charge in [-0.2, -0.15) is 13.2 Å². The van der Waals surface area contributed by atoms with Crippen LogP contribution in [0.15, 0.2) is 42.5 Å². The SMILES string of the molecule is CC1CCc2cccc(NCC3CCN(c4ccc(C(F)(F)F)cc4)CC3)c2C1. The van der Waals surface area contributed by atoms with Crippen molar-refractivity contribution in [2.45, 2.75) is 45.2 Å². The first kappa shape index (κ1) is 20.1. The summed E-state index contributed by atoms with van der Waals surface area (Å²) in [5.74, 6) is 1.34. The van der Waals surface area contributed by atoms with E-state index in [1.54, 1.807) is 12.1 Å². The smallest absolute Gasteiger partial charge is 0.385 e. The number of nitrogens with zero attached hydrogens (tertiary/aromatic N) is 1. The molecule has 0 saturated carbocycles. The highest BCUT2D eigenvalue weighted by Crippen LogP contribution is 2.33. The van der Waals surface area contributed by atoms with Crippen LogP contribution in [-0.4, -0.2) is 19.6 Å². The number of piperidine rings is 1. The van der Waals surface area contributed by atoms with Crippen LogP contribution in [0.2, 0.25) is 0 Å². The number of benzene rings is 2. The molecule has 0 radical (unpaired) electrons. The minimum Gasteiger partial charge on any atom is -0.385 e. The normalized spacial score (nSPS) is 20.4. The molecule has 0 spiro atoms. The van der Waals surface area contributed by atoms with E-state index < -0.39 is 11.7 Å². The lowest BCUT2D eigenvalue weighted by molar-refractivity contribution is -0.137. The zero-order chi connectivity index (χ0) is 20.4. The van der Waals surface area contributed by atoms with Crippen molar-refractivity contribution in [3.63, 3.8) is 0 Å². The van der Waals surface area contributed by atoms with Crippen molar-refractivity contribution in [1.82, 2.24) is 0 Å². The van der Waals surface area contributed by atoms with E-state index in [1.807, 2.05) is 0 Å². The van der Waals surface area contributed by atoms with Crippen molar-refractivity contribution in [1.29, 1.82) is 0 Å². The summed E-state index contributed by atoms with van der Waals surface area (Å²) in [4.78, 5) is 2.20. The summed E-state index contributed by atoms with van der Waals surface area (Å²) in [6.45, 7) is 5.08. The van der Waals surface area contributed by atoms with Gasteiger partial charge in [-0.3, -0.25) is 0 Å². The predicted molar refractivity (Wildman–Crippen MR) is 113 cm³/mol. The lowest BCUT2D eigenvalue weighted by Gasteiger charge is -2.34. The molecule has 1 fully saturated rings. The Kier molecular flexibility index (Phi) is 5.75. The van der Waals surface area contributed by atoms with Crippen LogP contribution in [0.4, 0.5) is 24.5 Å². The Morgan fingerprint density at radius 3 is 2.41 bits per heavy atom. The Hall–Kier alpha value is -2.17. The minimum atomic E-state index is -4.27. The number of alkyl halides is 3. The lowest BCUT2D eigenvalue weighted by Crippen LogP contribution is -2.36. The van der Waals surface area contributed by atoms with Gasteiger partial charge in [0, 0.05) is 31.0 Å². The molecule has 5 heteroatoms. The van der Waals surface area contributed by atoms with Crippen LogP contribution >= 0.6 is 0 Å². The second-order valence-corrected chi connectivity index (χ2v) is 8.65. The van der Waals surface area contributed by atoms with Gasteiger partial charge in [-0.1, -0.05) is 19.1 Å². The van der Waals surface area contributed by atoms with Crippen LogP contribution in [0, 0.1) is 11.8 Å². The largest absolute Gasteiger partial charge is 0.416 e. The number of anilines is 2. The summed E-state index contributed by atoms with van der Waals surface area (Å²) in [6.07, 6.45) is 1.45. The standard InChI is InChI=1S/C24H29F3N2/c1-17-5-6-19-3-2-4-23(22(19)15-17)28-16-18-11-13-29(14-12-18)21-9-7-20(8-10-21)24(25,26)27/h2-4,7-10,17-18,28H,5-6,11-16H2,1H3. The van der Waals surface area contributed by atoms with Gasteiger partial charge >= 0.3 is 6.18 Å². The maximum Gasteiger partial charge on any atom is 0.416 e. The van der Waals surface area contributed by atoms with Gasteiger partial charge in [-0.15, -0.1) is 0 Å². The fourth-order valence-electron chi connectivity index (χ4n) is 4.64. The topological polar surface area (TPSA) is 15.3 Å². The van der Waals surface area contributed by atoms with E-state index in [9.17, 15) is 13.2 Å². The van der Waals surface area contributed by atoms with Gasteiger partial charge in [0.05, 0.1) is 5.56 Å². The summed E-state index contributed by atoms with van der Waals surface area (Å²) >= 11 is 0.